The molecule has 0 aromatic carbocycles. The molecule has 2 rings (SSSR count). The molecule has 0 aromatic rings. The van der Waals surface area contributed by atoms with E-state index in [-0.39, 0.29) is 11.8 Å². The molecule has 1 amide bonds. The number of carbonyl (C=O) groups is 1. The van der Waals surface area contributed by atoms with Crippen LogP contribution in [-0.2, 0) is 4.79 Å². The first-order chi connectivity index (χ1) is 9.20. The van der Waals surface area contributed by atoms with E-state index in [1.807, 2.05) is 6.92 Å². The Morgan fingerprint density at radius 1 is 1.21 bits per heavy atom. The number of rotatable bonds is 4. The first-order valence-electron chi connectivity index (χ1n) is 7.95. The maximum atomic E-state index is 11.8. The third-order valence-electron chi connectivity index (χ3n) is 4.77. The second-order valence-corrected chi connectivity index (χ2v) is 6.25. The first-order valence-corrected chi connectivity index (χ1v) is 7.95. The molecule has 1 saturated heterocycles. The van der Waals surface area contributed by atoms with Gasteiger partial charge in [-0.05, 0) is 25.7 Å². The van der Waals surface area contributed by atoms with Gasteiger partial charge < -0.3 is 16.0 Å². The summed E-state index contributed by atoms with van der Waals surface area (Å²) in [7, 11) is 0. The van der Waals surface area contributed by atoms with E-state index >= 15 is 0 Å². The van der Waals surface area contributed by atoms with Gasteiger partial charge in [-0.2, -0.15) is 0 Å². The number of hydrogen-bond acceptors (Lipinski definition) is 3. The number of likely N-dealkylation sites (tertiary alicyclic amines) is 1. The molecule has 110 valence electrons. The quantitative estimate of drug-likeness (QED) is 0.811. The van der Waals surface area contributed by atoms with Gasteiger partial charge in [-0.1, -0.05) is 26.2 Å². The van der Waals surface area contributed by atoms with Crippen LogP contribution in [0.25, 0.3) is 0 Å². The van der Waals surface area contributed by atoms with Crippen LogP contribution in [0.3, 0.4) is 0 Å². The van der Waals surface area contributed by atoms with Gasteiger partial charge in [0.25, 0.3) is 0 Å². The minimum absolute atomic E-state index is 0.0589. The van der Waals surface area contributed by atoms with Crippen LogP contribution in [0.4, 0.5) is 0 Å². The predicted octanol–water partition coefficient (Wildman–Crippen LogP) is 1.49. The summed E-state index contributed by atoms with van der Waals surface area (Å²) in [4.78, 5) is 14.5. The van der Waals surface area contributed by atoms with Crippen molar-refractivity contribution in [1.29, 1.82) is 0 Å². The summed E-state index contributed by atoms with van der Waals surface area (Å²) in [6.45, 7) is 4.62. The molecular weight excluding hydrogens is 238 g/mol. The van der Waals surface area contributed by atoms with Gasteiger partial charge >= 0.3 is 0 Å². The average molecular weight is 267 g/mol. The lowest BCUT2D eigenvalue weighted by atomic mass is 9.92. The zero-order valence-corrected chi connectivity index (χ0v) is 12.2. The van der Waals surface area contributed by atoms with Crippen LogP contribution >= 0.6 is 0 Å². The van der Waals surface area contributed by atoms with Crippen LogP contribution < -0.4 is 11.1 Å². The Morgan fingerprint density at radius 3 is 2.42 bits per heavy atom. The van der Waals surface area contributed by atoms with Crippen molar-refractivity contribution in [3.05, 3.63) is 0 Å². The van der Waals surface area contributed by atoms with Crippen molar-refractivity contribution >= 4 is 5.91 Å². The van der Waals surface area contributed by atoms with Crippen LogP contribution in [0.5, 0.6) is 0 Å². The highest BCUT2D eigenvalue weighted by Crippen LogP contribution is 2.25. The molecule has 1 atom stereocenters. The van der Waals surface area contributed by atoms with Gasteiger partial charge in [0.15, 0.2) is 0 Å². The van der Waals surface area contributed by atoms with E-state index in [1.54, 1.807) is 0 Å². The Morgan fingerprint density at radius 2 is 1.84 bits per heavy atom. The number of carbonyl (C=O) groups excluding carboxylic acids is 1. The fraction of sp³-hybridized carbons (Fsp3) is 0.933. The highest BCUT2D eigenvalue weighted by atomic mass is 16.1. The van der Waals surface area contributed by atoms with Crippen LogP contribution in [-0.4, -0.2) is 42.5 Å². The molecule has 2 fully saturated rings. The summed E-state index contributed by atoms with van der Waals surface area (Å²) in [5.41, 5.74) is 5.53. The molecule has 3 N–H and O–H groups in total. The summed E-state index contributed by atoms with van der Waals surface area (Å²) >= 11 is 0. The minimum Gasteiger partial charge on any atom is -0.353 e. The fourth-order valence-corrected chi connectivity index (χ4v) is 3.31. The lowest BCUT2D eigenvalue weighted by Crippen LogP contribution is -2.49. The Kier molecular flexibility index (Phi) is 5.64. The smallest absolute Gasteiger partial charge is 0.224 e. The van der Waals surface area contributed by atoms with Crippen molar-refractivity contribution in [2.75, 3.05) is 19.6 Å². The maximum Gasteiger partial charge on any atom is 0.224 e. The molecular formula is C15H29N3O. The van der Waals surface area contributed by atoms with Crippen molar-refractivity contribution in [2.45, 2.75) is 64.0 Å². The SMILES string of the molecule is CC(CN)C(=O)NC1CCN(C2CCCCC2)CC1. The highest BCUT2D eigenvalue weighted by Gasteiger charge is 2.27. The summed E-state index contributed by atoms with van der Waals surface area (Å²) in [5, 5.41) is 3.15. The molecule has 0 radical (unpaired) electrons. The zero-order valence-electron chi connectivity index (χ0n) is 12.2. The van der Waals surface area contributed by atoms with Gasteiger partial charge in [0.2, 0.25) is 5.91 Å². The lowest BCUT2D eigenvalue weighted by molar-refractivity contribution is -0.125. The summed E-state index contributed by atoms with van der Waals surface area (Å²) in [5.74, 6) is 0.0648. The molecule has 1 saturated carbocycles. The maximum absolute atomic E-state index is 11.8. The van der Waals surface area contributed by atoms with Crippen molar-refractivity contribution in [3.63, 3.8) is 0 Å². The van der Waals surface area contributed by atoms with E-state index in [9.17, 15) is 4.79 Å². The third-order valence-corrected chi connectivity index (χ3v) is 4.77. The van der Waals surface area contributed by atoms with Gasteiger partial charge in [0.05, 0.1) is 0 Å². The normalized spacial score (nSPS) is 25.2. The third kappa shape index (κ3) is 4.18. The van der Waals surface area contributed by atoms with Gasteiger partial charge in [0.1, 0.15) is 0 Å². The summed E-state index contributed by atoms with van der Waals surface area (Å²) in [6.07, 6.45) is 9.16. The van der Waals surface area contributed by atoms with Crippen LogP contribution in [0.15, 0.2) is 0 Å². The number of amides is 1. The molecule has 0 spiro atoms. The summed E-state index contributed by atoms with van der Waals surface area (Å²) < 4.78 is 0. The largest absolute Gasteiger partial charge is 0.353 e. The molecule has 19 heavy (non-hydrogen) atoms. The Labute approximate surface area is 117 Å². The molecule has 1 aliphatic carbocycles. The van der Waals surface area contributed by atoms with E-state index < -0.39 is 0 Å². The van der Waals surface area contributed by atoms with Crippen LogP contribution in [0.2, 0.25) is 0 Å². The number of nitrogens with one attached hydrogen (secondary N) is 1. The van der Waals surface area contributed by atoms with Gasteiger partial charge in [-0.25, -0.2) is 0 Å². The second-order valence-electron chi connectivity index (χ2n) is 6.25. The van der Waals surface area contributed by atoms with Crippen LogP contribution in [0, 0.1) is 5.92 Å². The van der Waals surface area contributed by atoms with Crippen molar-refractivity contribution in [3.8, 4) is 0 Å². The Hall–Kier alpha value is -0.610. The Balaban J connectivity index is 1.71. The molecule has 4 heteroatoms. The lowest BCUT2D eigenvalue weighted by Gasteiger charge is -2.39. The minimum atomic E-state index is -0.0589. The predicted molar refractivity (Wildman–Crippen MR) is 77.8 cm³/mol. The van der Waals surface area contributed by atoms with E-state index in [0.29, 0.717) is 12.6 Å². The molecule has 1 heterocycles. The van der Waals surface area contributed by atoms with E-state index in [0.717, 1.165) is 32.0 Å². The van der Waals surface area contributed by atoms with E-state index in [4.69, 9.17) is 5.73 Å². The molecule has 0 bridgehead atoms. The van der Waals surface area contributed by atoms with E-state index in [1.165, 1.54) is 32.1 Å². The topological polar surface area (TPSA) is 58.4 Å². The number of hydrogen-bond donors (Lipinski definition) is 2. The first kappa shape index (κ1) is 14.8. The zero-order chi connectivity index (χ0) is 13.7. The fourth-order valence-electron chi connectivity index (χ4n) is 3.31. The van der Waals surface area contributed by atoms with Crippen LogP contribution in [0.1, 0.15) is 51.9 Å². The molecule has 4 nitrogen and oxygen atoms in total. The van der Waals surface area contributed by atoms with Crippen molar-refractivity contribution < 1.29 is 4.79 Å². The number of piperidine rings is 1. The second kappa shape index (κ2) is 7.25. The molecule has 1 aliphatic heterocycles. The number of nitrogens with zero attached hydrogens (tertiary/aromatic N) is 1. The van der Waals surface area contributed by atoms with Crippen molar-refractivity contribution in [2.24, 2.45) is 11.7 Å². The standard InChI is InChI=1S/C15H29N3O/c1-12(11-16)15(19)17-13-7-9-18(10-8-13)14-5-3-2-4-6-14/h12-14H,2-11,16H2,1H3,(H,17,19). The number of nitrogens with two attached hydrogens (primary N) is 1. The monoisotopic (exact) mass is 267 g/mol. The van der Waals surface area contributed by atoms with Gasteiger partial charge in [-0.3, -0.25) is 4.79 Å². The van der Waals surface area contributed by atoms with Gasteiger partial charge in [-0.15, -0.1) is 0 Å². The molecule has 0 aromatic heterocycles. The Bertz CT molecular complexity index is 281. The molecule has 2 aliphatic rings. The van der Waals surface area contributed by atoms with Gasteiger partial charge in [0, 0.05) is 37.6 Å². The average Bonchev–Trinajstić information content (AvgIpc) is 2.48. The summed E-state index contributed by atoms with van der Waals surface area (Å²) in [6, 6.07) is 1.18. The highest BCUT2D eigenvalue weighted by molar-refractivity contribution is 5.78. The van der Waals surface area contributed by atoms with E-state index in [2.05, 4.69) is 10.2 Å². The van der Waals surface area contributed by atoms with Crippen molar-refractivity contribution in [1.82, 2.24) is 10.2 Å². The molecule has 1 unspecified atom stereocenters.